The molecule has 2 aromatic rings. The maximum Gasteiger partial charge on any atom is 0.410 e. The highest BCUT2D eigenvalue weighted by atomic mass is 16.6. The van der Waals surface area contributed by atoms with E-state index >= 15 is 0 Å². The molecule has 4 heteroatoms. The minimum Gasteiger partial charge on any atom is -0.444 e. The van der Waals surface area contributed by atoms with Gasteiger partial charge in [-0.3, -0.25) is 0 Å². The van der Waals surface area contributed by atoms with Crippen molar-refractivity contribution in [1.29, 1.82) is 0 Å². The third-order valence-electron chi connectivity index (χ3n) is 4.32. The van der Waals surface area contributed by atoms with E-state index in [4.69, 9.17) is 4.74 Å². The topological polar surface area (TPSA) is 45.3 Å². The van der Waals surface area contributed by atoms with Gasteiger partial charge in [-0.05, 0) is 44.4 Å². The van der Waals surface area contributed by atoms with E-state index in [1.165, 1.54) is 22.2 Å². The van der Waals surface area contributed by atoms with Gasteiger partial charge in [0, 0.05) is 35.1 Å². The van der Waals surface area contributed by atoms with Crippen molar-refractivity contribution in [3.8, 4) is 0 Å². The molecule has 1 aromatic heterocycles. The first-order chi connectivity index (χ1) is 10.7. The molecule has 0 bridgehead atoms. The quantitative estimate of drug-likeness (QED) is 0.837. The molecule has 0 saturated carbocycles. The van der Waals surface area contributed by atoms with Crippen LogP contribution in [0.1, 0.15) is 57.4 Å². The first-order valence-electron chi connectivity index (χ1n) is 8.36. The molecule has 1 aliphatic heterocycles. The minimum atomic E-state index is -0.456. The van der Waals surface area contributed by atoms with Crippen LogP contribution in [-0.4, -0.2) is 28.1 Å². The highest BCUT2D eigenvalue weighted by molar-refractivity contribution is 5.86. The van der Waals surface area contributed by atoms with Gasteiger partial charge in [-0.1, -0.05) is 19.9 Å². The first-order valence-corrected chi connectivity index (χ1v) is 8.36. The average molecular weight is 314 g/mol. The number of ether oxygens (including phenoxy) is 1. The number of amides is 1. The van der Waals surface area contributed by atoms with Crippen molar-refractivity contribution >= 4 is 17.0 Å². The van der Waals surface area contributed by atoms with E-state index in [1.54, 1.807) is 0 Å². The van der Waals surface area contributed by atoms with Crippen LogP contribution >= 0.6 is 0 Å². The van der Waals surface area contributed by atoms with Crippen molar-refractivity contribution in [2.24, 2.45) is 0 Å². The third-order valence-corrected chi connectivity index (χ3v) is 4.32. The third kappa shape index (κ3) is 3.21. The Morgan fingerprint density at radius 2 is 2.04 bits per heavy atom. The summed E-state index contributed by atoms with van der Waals surface area (Å²) in [7, 11) is 0. The number of carbonyl (C=O) groups excluding carboxylic acids is 1. The van der Waals surface area contributed by atoms with Gasteiger partial charge in [-0.2, -0.15) is 0 Å². The summed E-state index contributed by atoms with van der Waals surface area (Å²) in [5.41, 5.74) is 4.52. The summed E-state index contributed by atoms with van der Waals surface area (Å²) < 4.78 is 5.52. The molecule has 0 spiro atoms. The number of nitrogens with one attached hydrogen (secondary N) is 1. The maximum atomic E-state index is 12.4. The Hall–Kier alpha value is -1.97. The second-order valence-electron chi connectivity index (χ2n) is 7.69. The number of carbonyl (C=O) groups is 1. The van der Waals surface area contributed by atoms with Crippen molar-refractivity contribution in [2.75, 3.05) is 6.54 Å². The summed E-state index contributed by atoms with van der Waals surface area (Å²) in [4.78, 5) is 17.7. The Morgan fingerprint density at radius 1 is 1.30 bits per heavy atom. The average Bonchev–Trinajstić information content (AvgIpc) is 2.82. The molecule has 0 radical (unpaired) electrons. The number of H-pyrrole nitrogens is 1. The van der Waals surface area contributed by atoms with Crippen molar-refractivity contribution in [1.82, 2.24) is 9.88 Å². The summed E-state index contributed by atoms with van der Waals surface area (Å²) in [6.07, 6.45) is 0.623. The number of hydrogen-bond donors (Lipinski definition) is 1. The Bertz CT molecular complexity index is 738. The molecule has 1 aliphatic rings. The van der Waals surface area contributed by atoms with Crippen molar-refractivity contribution < 1.29 is 9.53 Å². The van der Waals surface area contributed by atoms with Gasteiger partial charge in [0.2, 0.25) is 0 Å². The minimum absolute atomic E-state index is 0.225. The molecule has 23 heavy (non-hydrogen) atoms. The van der Waals surface area contributed by atoms with Gasteiger partial charge in [0.1, 0.15) is 5.60 Å². The fourth-order valence-corrected chi connectivity index (χ4v) is 3.07. The number of rotatable bonds is 1. The van der Waals surface area contributed by atoms with E-state index in [-0.39, 0.29) is 6.09 Å². The van der Waals surface area contributed by atoms with Crippen molar-refractivity contribution in [2.45, 2.75) is 59.1 Å². The van der Waals surface area contributed by atoms with Crippen molar-refractivity contribution in [3.05, 3.63) is 35.0 Å². The Kier molecular flexibility index (Phi) is 3.86. The van der Waals surface area contributed by atoms with Crippen LogP contribution in [0.25, 0.3) is 10.9 Å². The summed E-state index contributed by atoms with van der Waals surface area (Å²) in [6, 6.07) is 6.59. The number of benzene rings is 1. The van der Waals surface area contributed by atoms with Crippen LogP contribution in [0, 0.1) is 0 Å². The molecule has 2 heterocycles. The van der Waals surface area contributed by atoms with Gasteiger partial charge in [-0.15, -0.1) is 0 Å². The molecule has 0 atom stereocenters. The smallest absolute Gasteiger partial charge is 0.410 e. The molecule has 1 aromatic carbocycles. The Morgan fingerprint density at radius 3 is 2.70 bits per heavy atom. The maximum absolute atomic E-state index is 12.4. The van der Waals surface area contributed by atoms with Crippen LogP contribution in [0.4, 0.5) is 4.79 Å². The molecule has 0 aliphatic carbocycles. The van der Waals surface area contributed by atoms with Gasteiger partial charge in [0.25, 0.3) is 0 Å². The van der Waals surface area contributed by atoms with E-state index in [0.29, 0.717) is 19.0 Å². The number of aromatic nitrogens is 1. The monoisotopic (exact) mass is 314 g/mol. The molecule has 1 N–H and O–H groups in total. The Balaban J connectivity index is 1.91. The molecule has 4 nitrogen and oxygen atoms in total. The summed E-state index contributed by atoms with van der Waals surface area (Å²) in [5.74, 6) is 0.496. The Labute approximate surface area is 137 Å². The normalized spacial score (nSPS) is 15.1. The van der Waals surface area contributed by atoms with E-state index in [9.17, 15) is 4.79 Å². The molecule has 0 fully saturated rings. The van der Waals surface area contributed by atoms with E-state index < -0.39 is 5.60 Å². The highest BCUT2D eigenvalue weighted by Gasteiger charge is 2.27. The standard InChI is InChI=1S/C19H26N2O2/c1-12(2)13-6-7-16-14(10-13)15-11-21(9-8-17(15)20-16)18(22)23-19(3,4)5/h6-7,10,12,20H,8-9,11H2,1-5H3. The summed E-state index contributed by atoms with van der Waals surface area (Å²) in [6.45, 7) is 11.4. The molecular formula is C19H26N2O2. The molecule has 3 rings (SSSR count). The lowest BCUT2D eigenvalue weighted by atomic mass is 9.98. The summed E-state index contributed by atoms with van der Waals surface area (Å²) in [5, 5.41) is 1.24. The van der Waals surface area contributed by atoms with Crippen LogP contribution in [0.2, 0.25) is 0 Å². The molecule has 0 unspecified atom stereocenters. The zero-order valence-electron chi connectivity index (χ0n) is 14.7. The second-order valence-corrected chi connectivity index (χ2v) is 7.69. The van der Waals surface area contributed by atoms with Crippen LogP contribution < -0.4 is 0 Å². The largest absolute Gasteiger partial charge is 0.444 e. The second kappa shape index (κ2) is 5.59. The zero-order chi connectivity index (χ0) is 16.8. The van der Waals surface area contributed by atoms with E-state index in [1.807, 2.05) is 25.7 Å². The zero-order valence-corrected chi connectivity index (χ0v) is 14.7. The number of nitrogens with zero attached hydrogens (tertiary/aromatic N) is 1. The highest BCUT2D eigenvalue weighted by Crippen LogP contribution is 2.30. The lowest BCUT2D eigenvalue weighted by Gasteiger charge is -2.30. The fourth-order valence-electron chi connectivity index (χ4n) is 3.07. The van der Waals surface area contributed by atoms with Crippen molar-refractivity contribution in [3.63, 3.8) is 0 Å². The van der Waals surface area contributed by atoms with Gasteiger partial charge in [0.15, 0.2) is 0 Å². The lowest BCUT2D eigenvalue weighted by molar-refractivity contribution is 0.0224. The molecular weight excluding hydrogens is 288 g/mol. The molecule has 1 amide bonds. The fraction of sp³-hybridized carbons (Fsp3) is 0.526. The van der Waals surface area contributed by atoms with Crippen LogP contribution in [-0.2, 0) is 17.7 Å². The van der Waals surface area contributed by atoms with Crippen LogP contribution in [0.15, 0.2) is 18.2 Å². The first kappa shape index (κ1) is 15.9. The van der Waals surface area contributed by atoms with Gasteiger partial charge >= 0.3 is 6.09 Å². The van der Waals surface area contributed by atoms with Gasteiger partial charge < -0.3 is 14.6 Å². The predicted octanol–water partition coefficient (Wildman–Crippen LogP) is 4.58. The predicted molar refractivity (Wildman–Crippen MR) is 92.7 cm³/mol. The lowest BCUT2D eigenvalue weighted by Crippen LogP contribution is -2.39. The molecule has 124 valence electrons. The summed E-state index contributed by atoms with van der Waals surface area (Å²) >= 11 is 0. The number of fused-ring (bicyclic) bond motifs is 3. The number of aromatic amines is 1. The van der Waals surface area contributed by atoms with Crippen LogP contribution in [0.5, 0.6) is 0 Å². The van der Waals surface area contributed by atoms with E-state index in [0.717, 1.165) is 11.9 Å². The molecule has 0 saturated heterocycles. The number of hydrogen-bond acceptors (Lipinski definition) is 2. The van der Waals surface area contributed by atoms with Gasteiger partial charge in [-0.25, -0.2) is 4.79 Å². The van der Waals surface area contributed by atoms with Crippen LogP contribution in [0.3, 0.4) is 0 Å². The SMILES string of the molecule is CC(C)c1ccc2[nH]c3c(c2c1)CN(C(=O)OC(C)(C)C)CC3. The van der Waals surface area contributed by atoms with E-state index in [2.05, 4.69) is 37.0 Å². The van der Waals surface area contributed by atoms with Gasteiger partial charge in [0.05, 0.1) is 6.54 Å².